The van der Waals surface area contributed by atoms with Crippen molar-refractivity contribution in [2.75, 3.05) is 39.8 Å². The second-order valence-electron chi connectivity index (χ2n) is 7.92. The van der Waals surface area contributed by atoms with Crippen LogP contribution in [0.25, 0.3) is 6.08 Å². The Hall–Kier alpha value is -2.83. The number of rotatable bonds is 5. The SMILES string of the molecule is CCOc1ccc(/C=C2\Oc3c(CN4CCN(C)CC4)c(O)cc(C)c3C2=O)cc1. The Balaban J connectivity index is 1.62. The van der Waals surface area contributed by atoms with Gasteiger partial charge in [0.05, 0.1) is 17.7 Å². The van der Waals surface area contributed by atoms with Gasteiger partial charge in [-0.1, -0.05) is 12.1 Å². The van der Waals surface area contributed by atoms with Gasteiger partial charge >= 0.3 is 0 Å². The quantitative estimate of drug-likeness (QED) is 0.765. The molecule has 0 radical (unpaired) electrons. The number of phenolic OH excluding ortho intramolecular Hbond substituents is 1. The maximum absolute atomic E-state index is 13.1. The molecule has 4 rings (SSSR count). The predicted molar refractivity (Wildman–Crippen MR) is 116 cm³/mol. The van der Waals surface area contributed by atoms with Crippen LogP contribution in [0.4, 0.5) is 0 Å². The van der Waals surface area contributed by atoms with Crippen LogP contribution in [-0.4, -0.2) is 60.5 Å². The molecule has 6 heteroatoms. The normalized spacial score (nSPS) is 18.5. The molecular weight excluding hydrogens is 380 g/mol. The molecule has 2 aliphatic rings. The van der Waals surface area contributed by atoms with E-state index in [0.717, 1.165) is 43.1 Å². The van der Waals surface area contributed by atoms with Gasteiger partial charge in [-0.15, -0.1) is 0 Å². The standard InChI is InChI=1S/C24H28N2O4/c1-4-29-18-7-5-17(6-8-18)14-21-23(28)22-16(2)13-20(27)19(24(22)30-21)15-26-11-9-25(3)10-12-26/h5-8,13-14,27H,4,9-12,15H2,1-3H3/b21-14-. The van der Waals surface area contributed by atoms with Crippen molar-refractivity contribution >= 4 is 11.9 Å². The molecule has 0 spiro atoms. The lowest BCUT2D eigenvalue weighted by atomic mass is 9.99. The summed E-state index contributed by atoms with van der Waals surface area (Å²) in [6, 6.07) is 9.21. The molecule has 30 heavy (non-hydrogen) atoms. The average molecular weight is 408 g/mol. The van der Waals surface area contributed by atoms with Crippen molar-refractivity contribution in [3.8, 4) is 17.2 Å². The van der Waals surface area contributed by atoms with Crippen LogP contribution >= 0.6 is 0 Å². The smallest absolute Gasteiger partial charge is 0.232 e. The lowest BCUT2D eigenvalue weighted by Crippen LogP contribution is -2.43. The lowest BCUT2D eigenvalue weighted by molar-refractivity contribution is 0.101. The molecule has 0 amide bonds. The van der Waals surface area contributed by atoms with E-state index < -0.39 is 0 Å². The van der Waals surface area contributed by atoms with Crippen LogP contribution in [0.5, 0.6) is 17.2 Å². The zero-order valence-corrected chi connectivity index (χ0v) is 17.8. The fourth-order valence-electron chi connectivity index (χ4n) is 3.94. The number of fused-ring (bicyclic) bond motifs is 1. The fourth-order valence-corrected chi connectivity index (χ4v) is 3.94. The van der Waals surface area contributed by atoms with Gasteiger partial charge in [-0.05, 0) is 56.3 Å². The molecule has 0 aromatic heterocycles. The summed E-state index contributed by atoms with van der Waals surface area (Å²) in [5, 5.41) is 10.6. The van der Waals surface area contributed by atoms with E-state index >= 15 is 0 Å². The van der Waals surface area contributed by atoms with Crippen LogP contribution in [0, 0.1) is 6.92 Å². The van der Waals surface area contributed by atoms with E-state index in [2.05, 4.69) is 16.8 Å². The van der Waals surface area contributed by atoms with Gasteiger partial charge < -0.3 is 19.5 Å². The van der Waals surface area contributed by atoms with Crippen molar-refractivity contribution in [3.63, 3.8) is 0 Å². The van der Waals surface area contributed by atoms with E-state index in [1.165, 1.54) is 0 Å². The van der Waals surface area contributed by atoms with E-state index in [4.69, 9.17) is 9.47 Å². The minimum Gasteiger partial charge on any atom is -0.507 e. The molecular formula is C24H28N2O4. The van der Waals surface area contributed by atoms with E-state index in [9.17, 15) is 9.90 Å². The fraction of sp³-hybridized carbons (Fsp3) is 0.375. The number of likely N-dealkylation sites (N-methyl/N-ethyl adjacent to an activating group) is 1. The highest BCUT2D eigenvalue weighted by atomic mass is 16.5. The number of piperazine rings is 1. The third-order valence-corrected chi connectivity index (χ3v) is 5.69. The van der Waals surface area contributed by atoms with Crippen LogP contribution in [0.1, 0.15) is 34.0 Å². The molecule has 0 unspecified atom stereocenters. The van der Waals surface area contributed by atoms with E-state index in [0.29, 0.717) is 30.0 Å². The number of ether oxygens (including phenoxy) is 2. The highest BCUT2D eigenvalue weighted by molar-refractivity contribution is 6.15. The molecule has 0 saturated carbocycles. The summed E-state index contributed by atoms with van der Waals surface area (Å²) in [4.78, 5) is 17.6. The first kappa shape index (κ1) is 20.4. The van der Waals surface area contributed by atoms with Crippen molar-refractivity contribution in [3.05, 3.63) is 58.3 Å². The van der Waals surface area contributed by atoms with Crippen LogP contribution in [0.2, 0.25) is 0 Å². The number of benzene rings is 2. The van der Waals surface area contributed by atoms with E-state index in [1.54, 1.807) is 12.1 Å². The largest absolute Gasteiger partial charge is 0.507 e. The Labute approximate surface area is 177 Å². The molecule has 1 fully saturated rings. The van der Waals surface area contributed by atoms with Crippen LogP contribution in [-0.2, 0) is 6.54 Å². The van der Waals surface area contributed by atoms with Crippen molar-refractivity contribution in [1.29, 1.82) is 0 Å². The molecule has 0 bridgehead atoms. The number of hydrogen-bond acceptors (Lipinski definition) is 6. The highest BCUT2D eigenvalue weighted by Crippen LogP contribution is 2.42. The Morgan fingerprint density at radius 3 is 2.53 bits per heavy atom. The number of aromatic hydroxyl groups is 1. The molecule has 2 heterocycles. The highest BCUT2D eigenvalue weighted by Gasteiger charge is 2.34. The van der Waals surface area contributed by atoms with Gasteiger partial charge in [0.1, 0.15) is 17.2 Å². The van der Waals surface area contributed by atoms with Crippen molar-refractivity contribution in [2.45, 2.75) is 20.4 Å². The third kappa shape index (κ3) is 4.06. The van der Waals surface area contributed by atoms with Gasteiger partial charge in [-0.2, -0.15) is 0 Å². The molecule has 0 atom stereocenters. The molecule has 2 aromatic carbocycles. The van der Waals surface area contributed by atoms with Gasteiger partial charge in [-0.25, -0.2) is 0 Å². The van der Waals surface area contributed by atoms with E-state index in [-0.39, 0.29) is 17.3 Å². The van der Waals surface area contributed by atoms with Crippen LogP contribution < -0.4 is 9.47 Å². The Bertz CT molecular complexity index is 974. The van der Waals surface area contributed by atoms with Gasteiger partial charge in [0.25, 0.3) is 0 Å². The zero-order valence-electron chi connectivity index (χ0n) is 17.8. The summed E-state index contributed by atoms with van der Waals surface area (Å²) in [6.07, 6.45) is 1.74. The molecule has 158 valence electrons. The van der Waals surface area contributed by atoms with Gasteiger partial charge in [-0.3, -0.25) is 9.69 Å². The second kappa shape index (κ2) is 8.50. The number of carbonyl (C=O) groups is 1. The number of nitrogens with zero attached hydrogens (tertiary/aromatic N) is 2. The molecule has 0 aliphatic carbocycles. The topological polar surface area (TPSA) is 62.2 Å². The van der Waals surface area contributed by atoms with Crippen molar-refractivity contribution in [1.82, 2.24) is 9.80 Å². The second-order valence-corrected chi connectivity index (χ2v) is 7.92. The summed E-state index contributed by atoms with van der Waals surface area (Å²) in [7, 11) is 2.11. The Kier molecular flexibility index (Phi) is 5.79. The Morgan fingerprint density at radius 1 is 1.17 bits per heavy atom. The number of phenols is 1. The summed E-state index contributed by atoms with van der Waals surface area (Å²) in [6.45, 7) is 8.74. The van der Waals surface area contributed by atoms with Gasteiger partial charge in [0.15, 0.2) is 5.76 Å². The van der Waals surface area contributed by atoms with Gasteiger partial charge in [0, 0.05) is 32.7 Å². The predicted octanol–water partition coefficient (Wildman–Crippen LogP) is 3.46. The minimum absolute atomic E-state index is 0.143. The maximum atomic E-state index is 13.1. The van der Waals surface area contributed by atoms with E-state index in [1.807, 2.05) is 38.1 Å². The lowest BCUT2D eigenvalue weighted by Gasteiger charge is -2.32. The molecule has 2 aliphatic heterocycles. The number of allylic oxidation sites excluding steroid dienone is 1. The monoisotopic (exact) mass is 408 g/mol. The average Bonchev–Trinajstić information content (AvgIpc) is 3.05. The first-order valence-electron chi connectivity index (χ1n) is 10.4. The maximum Gasteiger partial charge on any atom is 0.232 e. The molecule has 6 nitrogen and oxygen atoms in total. The molecule has 1 saturated heterocycles. The number of Topliss-reactive ketones (excluding diaryl/α,β-unsaturated/α-hetero) is 1. The molecule has 1 N–H and O–H groups in total. The summed E-state index contributed by atoms with van der Waals surface area (Å²) < 4.78 is 11.5. The summed E-state index contributed by atoms with van der Waals surface area (Å²) >= 11 is 0. The van der Waals surface area contributed by atoms with Crippen molar-refractivity contribution in [2.24, 2.45) is 0 Å². The first-order valence-corrected chi connectivity index (χ1v) is 10.4. The van der Waals surface area contributed by atoms with Crippen LogP contribution in [0.15, 0.2) is 36.1 Å². The summed E-state index contributed by atoms with van der Waals surface area (Å²) in [5.74, 6) is 1.60. The summed E-state index contributed by atoms with van der Waals surface area (Å²) in [5.41, 5.74) is 2.82. The number of ketones is 1. The molecule has 2 aromatic rings. The minimum atomic E-state index is -0.143. The van der Waals surface area contributed by atoms with Crippen molar-refractivity contribution < 1.29 is 19.4 Å². The third-order valence-electron chi connectivity index (χ3n) is 5.69. The number of carbonyl (C=O) groups excluding carboxylic acids is 1. The Morgan fingerprint density at radius 2 is 1.87 bits per heavy atom. The number of hydrogen-bond donors (Lipinski definition) is 1. The zero-order chi connectivity index (χ0) is 21.3. The van der Waals surface area contributed by atoms with Gasteiger partial charge in [0.2, 0.25) is 5.78 Å². The van der Waals surface area contributed by atoms with Crippen LogP contribution in [0.3, 0.4) is 0 Å². The number of aryl methyl sites for hydroxylation is 1. The first-order chi connectivity index (χ1) is 14.5.